The van der Waals surface area contributed by atoms with Gasteiger partial charge in [0.1, 0.15) is 11.6 Å². The van der Waals surface area contributed by atoms with E-state index in [0.717, 1.165) is 16.9 Å². The van der Waals surface area contributed by atoms with Crippen LogP contribution in [0.2, 0.25) is 0 Å². The van der Waals surface area contributed by atoms with Crippen molar-refractivity contribution in [2.24, 2.45) is 7.05 Å². The standard InChI is InChI=1S/C22H23N5O2/c1-14(21-25-17-10-5-6-11-18(17)27(21)2)23-20(28)13-7-12-19-24-16-9-4-3-8-15(16)22(29)26-19/h3-6,8-11,14H,7,12-13H2,1-2H3,(H,23,28)(H,24,26,29). The SMILES string of the molecule is CC(NC(=O)CCCc1nc2ccccc2c(=O)[nH]1)c1nc2ccccc2n1C. The summed E-state index contributed by atoms with van der Waals surface area (Å²) >= 11 is 0. The van der Waals surface area contributed by atoms with E-state index in [-0.39, 0.29) is 17.5 Å². The predicted molar refractivity (Wildman–Crippen MR) is 113 cm³/mol. The average Bonchev–Trinajstić information content (AvgIpc) is 3.05. The number of aromatic nitrogens is 4. The Balaban J connectivity index is 1.36. The highest BCUT2D eigenvalue weighted by atomic mass is 16.1. The van der Waals surface area contributed by atoms with Crippen molar-refractivity contribution < 1.29 is 4.79 Å². The van der Waals surface area contributed by atoms with E-state index in [1.807, 2.05) is 61.0 Å². The maximum atomic E-state index is 12.4. The van der Waals surface area contributed by atoms with Crippen molar-refractivity contribution in [3.05, 3.63) is 70.5 Å². The molecule has 148 valence electrons. The largest absolute Gasteiger partial charge is 0.346 e. The summed E-state index contributed by atoms with van der Waals surface area (Å²) in [6.45, 7) is 1.93. The number of hydrogen-bond acceptors (Lipinski definition) is 4. The summed E-state index contributed by atoms with van der Waals surface area (Å²) in [6, 6.07) is 14.9. The third-order valence-electron chi connectivity index (χ3n) is 5.07. The van der Waals surface area contributed by atoms with Crippen LogP contribution in [0.5, 0.6) is 0 Å². The smallest absolute Gasteiger partial charge is 0.258 e. The lowest BCUT2D eigenvalue weighted by atomic mass is 10.2. The molecule has 0 spiro atoms. The number of carbonyl (C=O) groups is 1. The lowest BCUT2D eigenvalue weighted by molar-refractivity contribution is -0.121. The number of H-pyrrole nitrogens is 1. The predicted octanol–water partition coefficient (Wildman–Crippen LogP) is 3.01. The lowest BCUT2D eigenvalue weighted by Gasteiger charge is -2.14. The van der Waals surface area contributed by atoms with Gasteiger partial charge in [-0.1, -0.05) is 24.3 Å². The number of aryl methyl sites for hydroxylation is 2. The quantitative estimate of drug-likeness (QED) is 0.530. The van der Waals surface area contributed by atoms with Crippen LogP contribution in [0.3, 0.4) is 0 Å². The summed E-state index contributed by atoms with van der Waals surface area (Å²) in [5, 5.41) is 3.58. The van der Waals surface area contributed by atoms with Gasteiger partial charge in [-0.3, -0.25) is 9.59 Å². The van der Waals surface area contributed by atoms with Crippen molar-refractivity contribution in [2.45, 2.75) is 32.2 Å². The molecule has 1 atom stereocenters. The van der Waals surface area contributed by atoms with E-state index < -0.39 is 0 Å². The number of imidazole rings is 1. The Hall–Kier alpha value is -3.48. The minimum Gasteiger partial charge on any atom is -0.346 e. The van der Waals surface area contributed by atoms with Crippen LogP contribution in [0.1, 0.15) is 37.5 Å². The molecule has 1 unspecified atom stereocenters. The summed E-state index contributed by atoms with van der Waals surface area (Å²) in [4.78, 5) is 36.4. The van der Waals surface area contributed by atoms with E-state index in [1.54, 1.807) is 6.07 Å². The molecular formula is C22H23N5O2. The van der Waals surface area contributed by atoms with Crippen LogP contribution in [0.25, 0.3) is 21.9 Å². The summed E-state index contributed by atoms with van der Waals surface area (Å²) in [7, 11) is 1.95. The first-order chi connectivity index (χ1) is 14.0. The third-order valence-corrected chi connectivity index (χ3v) is 5.07. The maximum Gasteiger partial charge on any atom is 0.258 e. The van der Waals surface area contributed by atoms with Gasteiger partial charge in [-0.2, -0.15) is 0 Å². The molecule has 0 radical (unpaired) electrons. The van der Waals surface area contributed by atoms with Gasteiger partial charge in [-0.15, -0.1) is 0 Å². The molecule has 4 aromatic rings. The lowest BCUT2D eigenvalue weighted by Crippen LogP contribution is -2.28. The van der Waals surface area contributed by atoms with Gasteiger partial charge in [0.15, 0.2) is 0 Å². The molecular weight excluding hydrogens is 366 g/mol. The van der Waals surface area contributed by atoms with E-state index in [4.69, 9.17) is 0 Å². The molecule has 2 N–H and O–H groups in total. The Morgan fingerprint density at radius 3 is 2.62 bits per heavy atom. The second-order valence-electron chi connectivity index (χ2n) is 7.19. The van der Waals surface area contributed by atoms with Crippen molar-refractivity contribution >= 4 is 27.8 Å². The summed E-state index contributed by atoms with van der Waals surface area (Å²) < 4.78 is 2.00. The summed E-state index contributed by atoms with van der Waals surface area (Å²) in [6.07, 6.45) is 1.49. The van der Waals surface area contributed by atoms with Crippen LogP contribution in [-0.4, -0.2) is 25.4 Å². The first-order valence-electron chi connectivity index (χ1n) is 9.71. The normalized spacial score (nSPS) is 12.3. The number of para-hydroxylation sites is 3. The molecule has 0 aliphatic carbocycles. The Bertz CT molecular complexity index is 1240. The van der Waals surface area contributed by atoms with Crippen molar-refractivity contribution in [1.82, 2.24) is 24.8 Å². The van der Waals surface area contributed by atoms with Gasteiger partial charge in [-0.05, 0) is 37.6 Å². The zero-order chi connectivity index (χ0) is 20.4. The minimum absolute atomic E-state index is 0.0484. The van der Waals surface area contributed by atoms with Crippen LogP contribution in [0.4, 0.5) is 0 Å². The molecule has 0 aliphatic rings. The third kappa shape index (κ3) is 3.89. The molecule has 0 fully saturated rings. The zero-order valence-electron chi connectivity index (χ0n) is 16.5. The van der Waals surface area contributed by atoms with Crippen LogP contribution in [0, 0.1) is 0 Å². The van der Waals surface area contributed by atoms with Crippen molar-refractivity contribution in [2.75, 3.05) is 0 Å². The molecule has 0 aliphatic heterocycles. The van der Waals surface area contributed by atoms with Gasteiger partial charge < -0.3 is 14.9 Å². The number of benzene rings is 2. The fourth-order valence-corrected chi connectivity index (χ4v) is 3.60. The molecule has 7 heteroatoms. The second kappa shape index (κ2) is 7.87. The zero-order valence-corrected chi connectivity index (χ0v) is 16.5. The number of hydrogen-bond donors (Lipinski definition) is 2. The molecule has 0 saturated heterocycles. The maximum absolute atomic E-state index is 12.4. The van der Waals surface area contributed by atoms with Crippen LogP contribution < -0.4 is 10.9 Å². The molecule has 2 heterocycles. The number of fused-ring (bicyclic) bond motifs is 2. The topological polar surface area (TPSA) is 92.7 Å². The van der Waals surface area contributed by atoms with Crippen molar-refractivity contribution in [3.8, 4) is 0 Å². The number of rotatable bonds is 6. The number of amides is 1. The highest BCUT2D eigenvalue weighted by Gasteiger charge is 2.16. The highest BCUT2D eigenvalue weighted by Crippen LogP contribution is 2.19. The number of carbonyl (C=O) groups excluding carboxylic acids is 1. The molecule has 7 nitrogen and oxygen atoms in total. The number of aromatic amines is 1. The fourth-order valence-electron chi connectivity index (χ4n) is 3.60. The van der Waals surface area contributed by atoms with Gasteiger partial charge in [0.25, 0.3) is 5.56 Å². The second-order valence-corrected chi connectivity index (χ2v) is 7.19. The van der Waals surface area contributed by atoms with E-state index >= 15 is 0 Å². The van der Waals surface area contributed by atoms with Gasteiger partial charge >= 0.3 is 0 Å². The van der Waals surface area contributed by atoms with Crippen LogP contribution in [0.15, 0.2) is 53.3 Å². The average molecular weight is 389 g/mol. The van der Waals surface area contributed by atoms with E-state index in [2.05, 4.69) is 20.3 Å². The van der Waals surface area contributed by atoms with Gasteiger partial charge in [0.05, 0.1) is 28.0 Å². The highest BCUT2D eigenvalue weighted by molar-refractivity contribution is 5.78. The molecule has 29 heavy (non-hydrogen) atoms. The van der Waals surface area contributed by atoms with Gasteiger partial charge in [0, 0.05) is 19.9 Å². The fraction of sp³-hybridized carbons (Fsp3) is 0.273. The number of nitrogens with one attached hydrogen (secondary N) is 2. The monoisotopic (exact) mass is 389 g/mol. The summed E-state index contributed by atoms with van der Waals surface area (Å²) in [5.74, 6) is 1.37. The molecule has 0 bridgehead atoms. The Morgan fingerprint density at radius 1 is 1.10 bits per heavy atom. The van der Waals surface area contributed by atoms with Gasteiger partial charge in [0.2, 0.25) is 5.91 Å². The molecule has 1 amide bonds. The molecule has 0 saturated carbocycles. The van der Waals surface area contributed by atoms with E-state index in [1.165, 1.54) is 0 Å². The van der Waals surface area contributed by atoms with Crippen molar-refractivity contribution in [1.29, 1.82) is 0 Å². The van der Waals surface area contributed by atoms with Crippen molar-refractivity contribution in [3.63, 3.8) is 0 Å². The molecule has 2 aromatic heterocycles. The van der Waals surface area contributed by atoms with Crippen LogP contribution >= 0.6 is 0 Å². The van der Waals surface area contributed by atoms with Gasteiger partial charge in [-0.25, -0.2) is 9.97 Å². The molecule has 2 aromatic carbocycles. The summed E-state index contributed by atoms with van der Waals surface area (Å²) in [5.41, 5.74) is 2.48. The molecule has 4 rings (SSSR count). The first-order valence-corrected chi connectivity index (χ1v) is 9.71. The first kappa shape index (κ1) is 18.9. The van der Waals surface area contributed by atoms with E-state index in [0.29, 0.717) is 36.0 Å². The van der Waals surface area contributed by atoms with E-state index in [9.17, 15) is 9.59 Å². The van der Waals surface area contributed by atoms with Crippen LogP contribution in [-0.2, 0) is 18.3 Å². The Kier molecular flexibility index (Phi) is 5.12. The Labute approximate surface area is 167 Å². The Morgan fingerprint density at radius 2 is 1.83 bits per heavy atom. The number of nitrogens with zero attached hydrogens (tertiary/aromatic N) is 3. The minimum atomic E-state index is -0.196.